The second-order valence-electron chi connectivity index (χ2n) is 5.21. The number of carbonyl (C=O) groups excluding carboxylic acids is 2. The molecule has 1 atom stereocenters. The third-order valence-electron chi connectivity index (χ3n) is 3.66. The molecule has 1 fully saturated rings. The summed E-state index contributed by atoms with van der Waals surface area (Å²) in [6.07, 6.45) is 1.11. The molecule has 1 heterocycles. The molecule has 1 aliphatic rings. The summed E-state index contributed by atoms with van der Waals surface area (Å²) in [7, 11) is 0. The van der Waals surface area contributed by atoms with Crippen LogP contribution in [-0.4, -0.2) is 46.9 Å². The van der Waals surface area contributed by atoms with E-state index in [2.05, 4.69) is 21.2 Å². The summed E-state index contributed by atoms with van der Waals surface area (Å²) in [5.41, 5.74) is 0.141. The molecular weight excluding hydrogens is 371 g/mol. The highest BCUT2D eigenvalue weighted by Crippen LogP contribution is 2.19. The van der Waals surface area contributed by atoms with Crippen LogP contribution in [0.3, 0.4) is 0 Å². The van der Waals surface area contributed by atoms with Crippen LogP contribution >= 0.6 is 15.9 Å². The summed E-state index contributed by atoms with van der Waals surface area (Å²) >= 11 is 3.16. The van der Waals surface area contributed by atoms with Gasteiger partial charge in [0.2, 0.25) is 5.91 Å². The molecule has 0 bridgehead atoms. The van der Waals surface area contributed by atoms with E-state index < -0.39 is 23.7 Å². The number of hydrogen-bond acceptors (Lipinski definition) is 3. The molecule has 8 heteroatoms. The van der Waals surface area contributed by atoms with Crippen molar-refractivity contribution >= 4 is 33.7 Å². The highest BCUT2D eigenvalue weighted by Gasteiger charge is 2.33. The van der Waals surface area contributed by atoms with Crippen molar-refractivity contribution in [1.29, 1.82) is 0 Å². The zero-order chi connectivity index (χ0) is 17.0. The van der Waals surface area contributed by atoms with Crippen LogP contribution in [0.2, 0.25) is 0 Å². The van der Waals surface area contributed by atoms with Gasteiger partial charge in [0.05, 0.1) is 5.56 Å². The van der Waals surface area contributed by atoms with Crippen molar-refractivity contribution in [3.8, 4) is 0 Å². The first-order chi connectivity index (χ1) is 10.9. The highest BCUT2D eigenvalue weighted by atomic mass is 79.9. The zero-order valence-corrected chi connectivity index (χ0v) is 13.8. The van der Waals surface area contributed by atoms with Gasteiger partial charge >= 0.3 is 5.97 Å². The van der Waals surface area contributed by atoms with Gasteiger partial charge in [-0.3, -0.25) is 9.59 Å². The zero-order valence-electron chi connectivity index (χ0n) is 12.2. The number of carboxylic acids is 1. The lowest BCUT2D eigenvalue weighted by molar-refractivity contribution is -0.148. The van der Waals surface area contributed by atoms with Gasteiger partial charge in [0.25, 0.3) is 5.91 Å². The number of nitrogens with one attached hydrogen (secondary N) is 1. The van der Waals surface area contributed by atoms with Crippen LogP contribution in [0.1, 0.15) is 29.6 Å². The molecule has 0 spiro atoms. The van der Waals surface area contributed by atoms with Gasteiger partial charge in [-0.2, -0.15) is 0 Å². The van der Waals surface area contributed by atoms with Crippen molar-refractivity contribution in [2.75, 3.05) is 13.1 Å². The summed E-state index contributed by atoms with van der Waals surface area (Å²) in [6.45, 7) is 0.475. The van der Waals surface area contributed by atoms with E-state index in [9.17, 15) is 18.8 Å². The first-order valence-electron chi connectivity index (χ1n) is 7.15. The number of hydrogen-bond donors (Lipinski definition) is 2. The number of halogens is 2. The summed E-state index contributed by atoms with van der Waals surface area (Å²) < 4.78 is 13.6. The smallest absolute Gasteiger partial charge is 0.326 e. The molecule has 1 aromatic rings. The predicted molar refractivity (Wildman–Crippen MR) is 83.4 cm³/mol. The predicted octanol–water partition coefficient (Wildman–Crippen LogP) is 1.78. The number of rotatable bonds is 5. The van der Waals surface area contributed by atoms with Crippen molar-refractivity contribution in [3.63, 3.8) is 0 Å². The average Bonchev–Trinajstić information content (AvgIpc) is 2.99. The molecule has 0 aromatic heterocycles. The van der Waals surface area contributed by atoms with E-state index >= 15 is 0 Å². The van der Waals surface area contributed by atoms with Gasteiger partial charge in [-0.25, -0.2) is 9.18 Å². The second kappa shape index (κ2) is 7.54. The molecule has 2 rings (SSSR count). The Hall–Kier alpha value is -1.96. The lowest BCUT2D eigenvalue weighted by Crippen LogP contribution is -2.41. The van der Waals surface area contributed by atoms with Crippen LogP contribution in [0, 0.1) is 5.82 Å². The van der Waals surface area contributed by atoms with Gasteiger partial charge in [0.15, 0.2) is 0 Å². The Labute approximate surface area is 140 Å². The van der Waals surface area contributed by atoms with E-state index in [1.807, 2.05) is 0 Å². The number of aliphatic carboxylic acids is 1. The molecule has 0 saturated carbocycles. The highest BCUT2D eigenvalue weighted by molar-refractivity contribution is 9.10. The van der Waals surface area contributed by atoms with Crippen molar-refractivity contribution in [1.82, 2.24) is 10.2 Å². The van der Waals surface area contributed by atoms with Crippen molar-refractivity contribution in [3.05, 3.63) is 34.1 Å². The van der Waals surface area contributed by atoms with Gasteiger partial charge in [0, 0.05) is 24.0 Å². The number of nitrogens with zero attached hydrogens (tertiary/aromatic N) is 1. The monoisotopic (exact) mass is 386 g/mol. The van der Waals surface area contributed by atoms with E-state index in [1.165, 1.54) is 17.0 Å². The Morgan fingerprint density at radius 1 is 1.39 bits per heavy atom. The molecule has 1 aromatic carbocycles. The molecular formula is C15H16BrFN2O4. The first kappa shape index (κ1) is 17.4. The lowest BCUT2D eigenvalue weighted by atomic mass is 10.2. The molecule has 2 N–H and O–H groups in total. The normalized spacial score (nSPS) is 17.1. The minimum absolute atomic E-state index is 0.00244. The molecule has 1 saturated heterocycles. The van der Waals surface area contributed by atoms with E-state index in [1.54, 1.807) is 0 Å². The summed E-state index contributed by atoms with van der Waals surface area (Å²) in [6, 6.07) is 2.97. The fourth-order valence-electron chi connectivity index (χ4n) is 2.52. The van der Waals surface area contributed by atoms with E-state index in [0.29, 0.717) is 23.9 Å². The number of benzene rings is 1. The van der Waals surface area contributed by atoms with Crippen LogP contribution in [-0.2, 0) is 9.59 Å². The van der Waals surface area contributed by atoms with Crippen molar-refractivity contribution < 1.29 is 23.9 Å². The van der Waals surface area contributed by atoms with Crippen molar-refractivity contribution in [2.24, 2.45) is 0 Å². The summed E-state index contributed by atoms with van der Waals surface area (Å²) in [5, 5.41) is 11.6. The number of amides is 2. The van der Waals surface area contributed by atoms with E-state index in [0.717, 1.165) is 6.07 Å². The average molecular weight is 387 g/mol. The van der Waals surface area contributed by atoms with Crippen LogP contribution < -0.4 is 5.32 Å². The van der Waals surface area contributed by atoms with Crippen LogP contribution in [0.25, 0.3) is 0 Å². The molecule has 2 amide bonds. The van der Waals surface area contributed by atoms with E-state index in [4.69, 9.17) is 5.11 Å². The molecule has 0 unspecified atom stereocenters. The first-order valence-corrected chi connectivity index (χ1v) is 7.95. The molecule has 0 radical (unpaired) electrons. The summed E-state index contributed by atoms with van der Waals surface area (Å²) in [4.78, 5) is 36.4. The molecule has 23 heavy (non-hydrogen) atoms. The Bertz CT molecular complexity index is 638. The fraction of sp³-hybridized carbons (Fsp3) is 0.400. The summed E-state index contributed by atoms with van der Waals surface area (Å²) in [5.74, 6) is -2.35. The maximum absolute atomic E-state index is 13.2. The van der Waals surface area contributed by atoms with Crippen molar-refractivity contribution in [2.45, 2.75) is 25.3 Å². The second-order valence-corrected chi connectivity index (χ2v) is 6.07. The van der Waals surface area contributed by atoms with Gasteiger partial charge in [-0.15, -0.1) is 0 Å². The third-order valence-corrected chi connectivity index (χ3v) is 4.35. The van der Waals surface area contributed by atoms with E-state index in [-0.39, 0.29) is 24.4 Å². The molecule has 6 nitrogen and oxygen atoms in total. The SMILES string of the molecule is O=C(NCCC(=O)N1CCC[C@H]1C(=O)O)c1cc(F)ccc1Br. The Kier molecular flexibility index (Phi) is 5.70. The number of likely N-dealkylation sites (tertiary alicyclic amines) is 1. The van der Waals surface area contributed by atoms with Gasteiger partial charge in [-0.05, 0) is 47.0 Å². The van der Waals surface area contributed by atoms with Crippen LogP contribution in [0.5, 0.6) is 0 Å². The molecule has 0 aliphatic carbocycles. The standard InChI is InChI=1S/C15H16BrFN2O4/c16-11-4-3-9(17)8-10(11)14(21)18-6-5-13(20)19-7-1-2-12(19)15(22)23/h3-4,8,12H,1-2,5-7H2,(H,18,21)(H,22,23)/t12-/m0/s1. The van der Waals surface area contributed by atoms with Gasteiger partial charge in [0.1, 0.15) is 11.9 Å². The largest absolute Gasteiger partial charge is 0.480 e. The lowest BCUT2D eigenvalue weighted by Gasteiger charge is -2.21. The van der Waals surface area contributed by atoms with Gasteiger partial charge in [-0.1, -0.05) is 0 Å². The van der Waals surface area contributed by atoms with Gasteiger partial charge < -0.3 is 15.3 Å². The number of carboxylic acid groups (broad SMARTS) is 1. The van der Waals surface area contributed by atoms with Crippen LogP contribution in [0.4, 0.5) is 4.39 Å². The maximum Gasteiger partial charge on any atom is 0.326 e. The molecule has 1 aliphatic heterocycles. The Morgan fingerprint density at radius 3 is 2.83 bits per heavy atom. The van der Waals surface area contributed by atoms with Crippen LogP contribution in [0.15, 0.2) is 22.7 Å². The Balaban J connectivity index is 1.87. The Morgan fingerprint density at radius 2 is 2.13 bits per heavy atom. The molecule has 124 valence electrons. The number of carbonyl (C=O) groups is 3. The fourth-order valence-corrected chi connectivity index (χ4v) is 2.94. The minimum atomic E-state index is -1.01. The third kappa shape index (κ3) is 4.28. The quantitative estimate of drug-likeness (QED) is 0.807. The topological polar surface area (TPSA) is 86.7 Å². The minimum Gasteiger partial charge on any atom is -0.480 e. The maximum atomic E-state index is 13.2.